The lowest BCUT2D eigenvalue weighted by molar-refractivity contribution is -0.467. The highest BCUT2D eigenvalue weighted by Gasteiger charge is 2.08. The molecule has 0 aliphatic rings. The van der Waals surface area contributed by atoms with Gasteiger partial charge in [0.05, 0.1) is 0 Å². The zero-order chi connectivity index (χ0) is 12.7. The van der Waals surface area contributed by atoms with E-state index in [9.17, 15) is 14.9 Å². The molecule has 1 N–H and O–H groups in total. The first kappa shape index (κ1) is 13.5. The van der Waals surface area contributed by atoms with E-state index in [0.717, 1.165) is 17.1 Å². The fraction of sp³-hybridized carbons (Fsp3) is 0.364. The van der Waals surface area contributed by atoms with Crippen LogP contribution >= 0.6 is 11.8 Å². The van der Waals surface area contributed by atoms with Crippen LogP contribution in [0.5, 0.6) is 0 Å². The van der Waals surface area contributed by atoms with E-state index in [1.807, 2.05) is 12.1 Å². The number of amides is 1. The number of thioether (sulfide) groups is 1. The van der Waals surface area contributed by atoms with E-state index in [2.05, 4.69) is 12.2 Å². The monoisotopic (exact) mass is 254 g/mol. The summed E-state index contributed by atoms with van der Waals surface area (Å²) in [5.41, 5.74) is 0.581. The first-order valence-corrected chi connectivity index (χ1v) is 6.25. The lowest BCUT2D eigenvalue weighted by Crippen LogP contribution is -2.21. The van der Waals surface area contributed by atoms with Crippen LogP contribution in [0.2, 0.25) is 0 Å². The lowest BCUT2D eigenvalue weighted by Gasteiger charge is -2.04. The third-order valence-electron chi connectivity index (χ3n) is 1.88. The zero-order valence-electron chi connectivity index (χ0n) is 9.51. The quantitative estimate of drug-likeness (QED) is 0.480. The molecule has 0 bridgehead atoms. The van der Waals surface area contributed by atoms with Crippen molar-refractivity contribution in [1.82, 2.24) is 0 Å². The Morgan fingerprint density at radius 3 is 2.59 bits per heavy atom. The molecule has 1 rings (SSSR count). The van der Waals surface area contributed by atoms with Crippen molar-refractivity contribution < 1.29 is 9.72 Å². The maximum Gasteiger partial charge on any atom is 0.296 e. The maximum absolute atomic E-state index is 11.1. The van der Waals surface area contributed by atoms with Gasteiger partial charge in [0.1, 0.15) is 0 Å². The summed E-state index contributed by atoms with van der Waals surface area (Å²) < 4.78 is 0. The van der Waals surface area contributed by atoms with Crippen LogP contribution < -0.4 is 5.32 Å². The Morgan fingerprint density at radius 2 is 2.06 bits per heavy atom. The van der Waals surface area contributed by atoms with Crippen molar-refractivity contribution in [3.63, 3.8) is 0 Å². The van der Waals surface area contributed by atoms with E-state index >= 15 is 0 Å². The van der Waals surface area contributed by atoms with Crippen LogP contribution in [0.4, 0.5) is 5.69 Å². The van der Waals surface area contributed by atoms with Gasteiger partial charge in [-0.3, -0.25) is 14.9 Å². The van der Waals surface area contributed by atoms with Crippen LogP contribution in [0.1, 0.15) is 13.3 Å². The number of nitrogens with zero attached hydrogens (tertiary/aromatic N) is 1. The van der Waals surface area contributed by atoms with Crippen LogP contribution in [-0.2, 0) is 4.79 Å². The summed E-state index contributed by atoms with van der Waals surface area (Å²) in [6, 6.07) is 7.27. The van der Waals surface area contributed by atoms with Crippen molar-refractivity contribution in [1.29, 1.82) is 0 Å². The molecule has 1 aromatic carbocycles. The topological polar surface area (TPSA) is 72.2 Å². The van der Waals surface area contributed by atoms with Gasteiger partial charge >= 0.3 is 0 Å². The van der Waals surface area contributed by atoms with E-state index in [1.54, 1.807) is 23.9 Å². The van der Waals surface area contributed by atoms with Gasteiger partial charge in [-0.05, 0) is 36.4 Å². The summed E-state index contributed by atoms with van der Waals surface area (Å²) in [6.45, 7) is 1.41. The van der Waals surface area contributed by atoms with Crippen molar-refractivity contribution >= 4 is 23.4 Å². The average Bonchev–Trinajstić information content (AvgIpc) is 2.27. The minimum Gasteiger partial charge on any atom is -0.320 e. The molecule has 0 saturated heterocycles. The first-order chi connectivity index (χ1) is 8.11. The standard InChI is InChI=1S/C11H14N2O3S/c1-2-7-17-10-5-3-9(4-6-10)12-11(14)8-13(15)16/h3-6H,2,7-8H2,1H3,(H,12,14). The molecule has 0 spiro atoms. The Kier molecular flexibility index (Phi) is 5.48. The average molecular weight is 254 g/mol. The van der Waals surface area contributed by atoms with Crippen molar-refractivity contribution in [3.8, 4) is 0 Å². The van der Waals surface area contributed by atoms with Gasteiger partial charge < -0.3 is 5.32 Å². The van der Waals surface area contributed by atoms with E-state index in [1.165, 1.54) is 0 Å². The fourth-order valence-electron chi connectivity index (χ4n) is 1.17. The normalized spacial score (nSPS) is 9.94. The summed E-state index contributed by atoms with van der Waals surface area (Å²) in [5, 5.41) is 12.6. The van der Waals surface area contributed by atoms with Crippen LogP contribution in [0.3, 0.4) is 0 Å². The first-order valence-electron chi connectivity index (χ1n) is 5.26. The summed E-state index contributed by atoms with van der Waals surface area (Å²) in [7, 11) is 0. The Balaban J connectivity index is 2.50. The van der Waals surface area contributed by atoms with Gasteiger partial charge in [0, 0.05) is 15.5 Å². The summed E-state index contributed by atoms with van der Waals surface area (Å²) in [4.78, 5) is 21.7. The van der Waals surface area contributed by atoms with Gasteiger partial charge in [-0.1, -0.05) is 6.92 Å². The van der Waals surface area contributed by atoms with Crippen molar-refractivity contribution in [2.75, 3.05) is 17.6 Å². The molecule has 0 radical (unpaired) electrons. The van der Waals surface area contributed by atoms with E-state index in [-0.39, 0.29) is 0 Å². The van der Waals surface area contributed by atoms with E-state index in [0.29, 0.717) is 5.69 Å². The molecule has 0 atom stereocenters. The number of benzene rings is 1. The Morgan fingerprint density at radius 1 is 1.41 bits per heavy atom. The van der Waals surface area contributed by atoms with Crippen molar-refractivity contribution in [3.05, 3.63) is 34.4 Å². The molecule has 0 aromatic heterocycles. The lowest BCUT2D eigenvalue weighted by atomic mass is 10.3. The van der Waals surface area contributed by atoms with Crippen molar-refractivity contribution in [2.45, 2.75) is 18.2 Å². The highest BCUT2D eigenvalue weighted by molar-refractivity contribution is 7.99. The molecule has 0 saturated carbocycles. The molecule has 0 unspecified atom stereocenters. The second-order valence-electron chi connectivity index (χ2n) is 3.41. The predicted octanol–water partition coefficient (Wildman–Crippen LogP) is 2.40. The summed E-state index contributed by atoms with van der Waals surface area (Å²) >= 11 is 1.74. The Bertz CT molecular complexity index is 392. The van der Waals surface area contributed by atoms with Gasteiger partial charge in [-0.15, -0.1) is 11.8 Å². The minimum atomic E-state index is -0.702. The molecule has 1 amide bonds. The number of nitro groups is 1. The second kappa shape index (κ2) is 6.90. The SMILES string of the molecule is CCCSc1ccc(NC(=O)C[N+](=O)[O-])cc1. The summed E-state index contributed by atoms with van der Waals surface area (Å²) in [5.74, 6) is 0.441. The smallest absolute Gasteiger partial charge is 0.296 e. The van der Waals surface area contributed by atoms with Gasteiger partial charge in [0.2, 0.25) is 0 Å². The Hall–Kier alpha value is -1.56. The molecule has 0 heterocycles. The molecule has 17 heavy (non-hydrogen) atoms. The number of carbonyl (C=O) groups excluding carboxylic acids is 1. The maximum atomic E-state index is 11.1. The largest absolute Gasteiger partial charge is 0.320 e. The number of hydrogen-bond donors (Lipinski definition) is 1. The van der Waals surface area contributed by atoms with Gasteiger partial charge in [0.15, 0.2) is 0 Å². The van der Waals surface area contributed by atoms with Gasteiger partial charge in [0.25, 0.3) is 12.5 Å². The van der Waals surface area contributed by atoms with Crippen LogP contribution in [0, 0.1) is 10.1 Å². The summed E-state index contributed by atoms with van der Waals surface area (Å²) in [6.07, 6.45) is 1.10. The number of nitrogens with one attached hydrogen (secondary N) is 1. The third kappa shape index (κ3) is 5.35. The molecule has 0 aliphatic heterocycles. The molecule has 92 valence electrons. The van der Waals surface area contributed by atoms with Gasteiger partial charge in [-0.2, -0.15) is 0 Å². The van der Waals surface area contributed by atoms with E-state index in [4.69, 9.17) is 0 Å². The van der Waals surface area contributed by atoms with E-state index < -0.39 is 17.4 Å². The second-order valence-corrected chi connectivity index (χ2v) is 4.58. The molecular formula is C11H14N2O3S. The number of hydrogen-bond acceptors (Lipinski definition) is 4. The van der Waals surface area contributed by atoms with Crippen LogP contribution in [-0.4, -0.2) is 23.1 Å². The predicted molar refractivity (Wildman–Crippen MR) is 67.9 cm³/mol. The molecule has 0 fully saturated rings. The van der Waals surface area contributed by atoms with Crippen LogP contribution in [0.15, 0.2) is 29.2 Å². The highest BCUT2D eigenvalue weighted by atomic mass is 32.2. The van der Waals surface area contributed by atoms with Crippen molar-refractivity contribution in [2.24, 2.45) is 0 Å². The third-order valence-corrected chi connectivity index (χ3v) is 3.10. The molecular weight excluding hydrogens is 240 g/mol. The van der Waals surface area contributed by atoms with Crippen LogP contribution in [0.25, 0.3) is 0 Å². The fourth-order valence-corrected chi connectivity index (χ4v) is 1.94. The molecule has 0 aliphatic carbocycles. The zero-order valence-corrected chi connectivity index (χ0v) is 10.3. The number of rotatable bonds is 6. The molecule has 6 heteroatoms. The van der Waals surface area contributed by atoms with Gasteiger partial charge in [-0.25, -0.2) is 0 Å². The minimum absolute atomic E-state index is 0.581. The number of carbonyl (C=O) groups is 1. The molecule has 5 nitrogen and oxygen atoms in total. The Labute approximate surface area is 104 Å². The molecule has 1 aromatic rings. The number of anilines is 1. The highest BCUT2D eigenvalue weighted by Crippen LogP contribution is 2.20.